The number of rotatable bonds is 5. The predicted molar refractivity (Wildman–Crippen MR) is 152 cm³/mol. The molecule has 1 aromatic carbocycles. The van der Waals surface area contributed by atoms with Gasteiger partial charge in [-0.15, -0.1) is 0 Å². The average molecular weight is 549 g/mol. The minimum atomic E-state index is -0.569. The SMILES string of the molecule is O=C(Nc1cncc(-c2cc3c(-c4nc5c(-c6cc(O)cc(F)c6)nccc5[nH]4)n[nH]c3cn2)c1)C1CCCCC1. The van der Waals surface area contributed by atoms with Crippen LogP contribution >= 0.6 is 0 Å². The number of amides is 1. The van der Waals surface area contributed by atoms with Crippen molar-refractivity contribution < 1.29 is 14.3 Å². The average Bonchev–Trinajstić information content (AvgIpc) is 3.61. The number of pyridine rings is 3. The van der Waals surface area contributed by atoms with Gasteiger partial charge in [0.05, 0.1) is 40.5 Å². The van der Waals surface area contributed by atoms with Crippen molar-refractivity contribution in [2.45, 2.75) is 32.1 Å². The van der Waals surface area contributed by atoms with E-state index in [1.807, 2.05) is 12.1 Å². The minimum absolute atomic E-state index is 0.0383. The third-order valence-corrected chi connectivity index (χ3v) is 7.51. The summed E-state index contributed by atoms with van der Waals surface area (Å²) in [6.45, 7) is 0. The summed E-state index contributed by atoms with van der Waals surface area (Å²) in [5.41, 5.74) is 5.38. The van der Waals surface area contributed by atoms with E-state index < -0.39 is 5.82 Å². The lowest BCUT2D eigenvalue weighted by molar-refractivity contribution is -0.120. The molecule has 0 unspecified atom stereocenters. The first kappa shape index (κ1) is 24.8. The second kappa shape index (κ2) is 10.1. The highest BCUT2D eigenvalue weighted by Gasteiger charge is 2.22. The molecule has 5 aromatic heterocycles. The molecule has 6 aromatic rings. The molecule has 5 heterocycles. The Balaban J connectivity index is 1.23. The Kier molecular flexibility index (Phi) is 6.11. The maximum Gasteiger partial charge on any atom is 0.227 e. The van der Waals surface area contributed by atoms with E-state index in [1.54, 1.807) is 30.9 Å². The Hall–Kier alpha value is -5.19. The van der Waals surface area contributed by atoms with Gasteiger partial charge in [0.25, 0.3) is 0 Å². The number of aromatic amines is 2. The molecule has 0 bridgehead atoms. The molecule has 1 fully saturated rings. The van der Waals surface area contributed by atoms with Crippen LogP contribution in [0.4, 0.5) is 10.1 Å². The van der Waals surface area contributed by atoms with Crippen LogP contribution in [0.3, 0.4) is 0 Å². The first-order chi connectivity index (χ1) is 20.0. The Morgan fingerprint density at radius 3 is 2.68 bits per heavy atom. The number of halogens is 1. The number of carbonyl (C=O) groups excluding carboxylic acids is 1. The van der Waals surface area contributed by atoms with Gasteiger partial charge in [-0.2, -0.15) is 5.10 Å². The fraction of sp³-hybridized carbons (Fsp3) is 0.200. The summed E-state index contributed by atoms with van der Waals surface area (Å²) in [7, 11) is 0. The Morgan fingerprint density at radius 1 is 0.951 bits per heavy atom. The zero-order chi connectivity index (χ0) is 27.9. The fourth-order valence-electron chi connectivity index (χ4n) is 5.48. The van der Waals surface area contributed by atoms with Crippen molar-refractivity contribution in [2.75, 3.05) is 5.32 Å². The number of imidazole rings is 1. The van der Waals surface area contributed by atoms with Gasteiger partial charge < -0.3 is 15.4 Å². The highest BCUT2D eigenvalue weighted by molar-refractivity contribution is 5.97. The number of hydrogen-bond acceptors (Lipinski definition) is 7. The van der Waals surface area contributed by atoms with Gasteiger partial charge in [-0.1, -0.05) is 19.3 Å². The molecule has 0 atom stereocenters. The summed E-state index contributed by atoms with van der Waals surface area (Å²) >= 11 is 0. The number of aromatic nitrogens is 7. The van der Waals surface area contributed by atoms with E-state index in [1.165, 1.54) is 18.6 Å². The van der Waals surface area contributed by atoms with Gasteiger partial charge in [0.2, 0.25) is 5.91 Å². The molecule has 0 spiro atoms. The predicted octanol–water partition coefficient (Wildman–Crippen LogP) is 5.99. The van der Waals surface area contributed by atoms with Gasteiger partial charge in [-0.05, 0) is 43.2 Å². The minimum Gasteiger partial charge on any atom is -0.508 e. The van der Waals surface area contributed by atoms with Crippen LogP contribution in [0.5, 0.6) is 5.75 Å². The normalized spacial score (nSPS) is 14.1. The Bertz CT molecular complexity index is 1900. The maximum absolute atomic E-state index is 14.0. The summed E-state index contributed by atoms with van der Waals surface area (Å²) < 4.78 is 14.0. The second-order valence-corrected chi connectivity index (χ2v) is 10.3. The number of aromatic hydroxyl groups is 1. The van der Waals surface area contributed by atoms with E-state index >= 15 is 0 Å². The number of hydrogen-bond donors (Lipinski definition) is 4. The molecule has 10 nitrogen and oxygen atoms in total. The smallest absolute Gasteiger partial charge is 0.227 e. The standard InChI is InChI=1S/C30H25FN8O2/c31-19-8-17(10-21(40)11-19)26-28-23(6-7-33-26)36-29(37-28)27-22-12-24(34-15-25(22)38-39-27)18-9-20(14-32-13-18)35-30(41)16-4-2-1-3-5-16/h6-16,40H,1-5H2,(H,35,41)(H,36,37)(H,38,39). The van der Waals surface area contributed by atoms with E-state index in [4.69, 9.17) is 4.98 Å². The van der Waals surface area contributed by atoms with Gasteiger partial charge >= 0.3 is 0 Å². The molecular formula is C30H25FN8O2. The van der Waals surface area contributed by atoms with Gasteiger partial charge in [0, 0.05) is 40.9 Å². The summed E-state index contributed by atoms with van der Waals surface area (Å²) in [5.74, 6) is -0.192. The highest BCUT2D eigenvalue weighted by Crippen LogP contribution is 2.33. The summed E-state index contributed by atoms with van der Waals surface area (Å²) in [5, 5.41) is 21.2. The number of phenols is 1. The van der Waals surface area contributed by atoms with Crippen LogP contribution in [-0.2, 0) is 4.79 Å². The van der Waals surface area contributed by atoms with Crippen molar-refractivity contribution in [3.8, 4) is 39.8 Å². The second-order valence-electron chi connectivity index (χ2n) is 10.3. The van der Waals surface area contributed by atoms with Gasteiger partial charge in [-0.25, -0.2) is 9.37 Å². The molecule has 1 saturated carbocycles. The number of fused-ring (bicyclic) bond motifs is 2. The van der Waals surface area contributed by atoms with Crippen LogP contribution in [0.25, 0.3) is 56.0 Å². The van der Waals surface area contributed by atoms with Crippen molar-refractivity contribution >= 4 is 33.5 Å². The molecule has 1 aliphatic carbocycles. The van der Waals surface area contributed by atoms with E-state index in [0.717, 1.165) is 42.7 Å². The first-order valence-electron chi connectivity index (χ1n) is 13.5. The number of phenolic OH excluding ortho intramolecular Hbond substituents is 1. The van der Waals surface area contributed by atoms with Crippen molar-refractivity contribution in [3.63, 3.8) is 0 Å². The molecule has 41 heavy (non-hydrogen) atoms. The molecule has 4 N–H and O–H groups in total. The Morgan fingerprint density at radius 2 is 1.83 bits per heavy atom. The van der Waals surface area contributed by atoms with Gasteiger partial charge in [-0.3, -0.25) is 24.8 Å². The molecule has 0 saturated heterocycles. The van der Waals surface area contributed by atoms with Crippen molar-refractivity contribution in [1.82, 2.24) is 35.1 Å². The van der Waals surface area contributed by atoms with E-state index in [9.17, 15) is 14.3 Å². The highest BCUT2D eigenvalue weighted by atomic mass is 19.1. The molecule has 1 aliphatic rings. The third-order valence-electron chi connectivity index (χ3n) is 7.51. The lowest BCUT2D eigenvalue weighted by Gasteiger charge is -2.20. The zero-order valence-corrected chi connectivity index (χ0v) is 21.9. The molecule has 0 radical (unpaired) electrons. The van der Waals surface area contributed by atoms with Gasteiger partial charge in [0.1, 0.15) is 22.8 Å². The van der Waals surface area contributed by atoms with Crippen LogP contribution in [0.2, 0.25) is 0 Å². The Labute approximate surface area is 233 Å². The molecule has 0 aliphatic heterocycles. The van der Waals surface area contributed by atoms with Crippen LogP contribution in [0, 0.1) is 11.7 Å². The van der Waals surface area contributed by atoms with E-state index in [-0.39, 0.29) is 17.6 Å². The van der Waals surface area contributed by atoms with Crippen LogP contribution in [-0.4, -0.2) is 46.1 Å². The molecule has 1 amide bonds. The summed E-state index contributed by atoms with van der Waals surface area (Å²) in [6, 6.07) is 9.33. The van der Waals surface area contributed by atoms with Crippen LogP contribution < -0.4 is 5.32 Å². The van der Waals surface area contributed by atoms with Gasteiger partial charge in [0.15, 0.2) is 5.82 Å². The quantitative estimate of drug-likeness (QED) is 0.207. The summed E-state index contributed by atoms with van der Waals surface area (Å²) in [6.07, 6.45) is 11.8. The molecular weight excluding hydrogens is 523 g/mol. The third kappa shape index (κ3) is 4.75. The number of carbonyl (C=O) groups is 1. The largest absolute Gasteiger partial charge is 0.508 e. The number of nitrogens with zero attached hydrogens (tertiary/aromatic N) is 5. The van der Waals surface area contributed by atoms with E-state index in [2.05, 4.69) is 35.5 Å². The van der Waals surface area contributed by atoms with Crippen molar-refractivity contribution in [2.24, 2.45) is 5.92 Å². The number of H-pyrrole nitrogens is 2. The van der Waals surface area contributed by atoms with Crippen molar-refractivity contribution in [3.05, 3.63) is 67.0 Å². The lowest BCUT2D eigenvalue weighted by Crippen LogP contribution is -2.24. The van der Waals surface area contributed by atoms with Crippen LogP contribution in [0.15, 0.2) is 61.2 Å². The lowest BCUT2D eigenvalue weighted by atomic mass is 9.88. The topological polar surface area (TPSA) is 145 Å². The van der Waals surface area contributed by atoms with Crippen molar-refractivity contribution in [1.29, 1.82) is 0 Å². The number of benzene rings is 1. The van der Waals surface area contributed by atoms with Crippen LogP contribution in [0.1, 0.15) is 32.1 Å². The number of nitrogens with one attached hydrogen (secondary N) is 3. The zero-order valence-electron chi connectivity index (χ0n) is 21.9. The number of anilines is 1. The first-order valence-corrected chi connectivity index (χ1v) is 13.5. The molecule has 11 heteroatoms. The maximum atomic E-state index is 14.0. The molecule has 7 rings (SSSR count). The molecule has 204 valence electrons. The monoisotopic (exact) mass is 548 g/mol. The summed E-state index contributed by atoms with van der Waals surface area (Å²) in [4.78, 5) is 34.1. The van der Waals surface area contributed by atoms with E-state index in [0.29, 0.717) is 50.7 Å². The fourth-order valence-corrected chi connectivity index (χ4v) is 5.48.